The van der Waals surface area contributed by atoms with Crippen LogP contribution in [-0.2, 0) is 29.4 Å². The van der Waals surface area contributed by atoms with Gasteiger partial charge in [0.2, 0.25) is 0 Å². The first-order chi connectivity index (χ1) is 12.8. The minimum Gasteiger partial charge on any atom is -0.466 e. The third kappa shape index (κ3) is 3.40. The lowest BCUT2D eigenvalue weighted by atomic mass is 9.87. The first kappa shape index (κ1) is 20.9. The second-order valence-electron chi connectivity index (χ2n) is 7.04. The molecule has 1 unspecified atom stereocenters. The number of esters is 1. The van der Waals surface area contributed by atoms with E-state index in [0.29, 0.717) is 0 Å². The molecule has 1 aliphatic heterocycles. The number of ether oxygens (including phenoxy) is 3. The number of carbonyl (C=O) groups excluding carboxylic acids is 3. The molecule has 150 valence electrons. The SMILES string of the molecule is C=C(C(=O)OC)C1(OC(=O)OC(C)(C)C)C(=O)N(C)c2ccc([N+](=O)[O-])cc21. The summed E-state index contributed by atoms with van der Waals surface area (Å²) in [5.41, 5.74) is -4.07. The smallest absolute Gasteiger partial charge is 0.466 e. The number of hydrogen-bond acceptors (Lipinski definition) is 8. The van der Waals surface area contributed by atoms with Crippen LogP contribution in [-0.4, -0.2) is 42.7 Å². The summed E-state index contributed by atoms with van der Waals surface area (Å²) in [7, 11) is 2.43. The number of anilines is 1. The van der Waals surface area contributed by atoms with Crippen LogP contribution >= 0.6 is 0 Å². The van der Waals surface area contributed by atoms with Gasteiger partial charge in [-0.3, -0.25) is 14.9 Å². The van der Waals surface area contributed by atoms with Crippen LogP contribution in [0.1, 0.15) is 26.3 Å². The van der Waals surface area contributed by atoms with Crippen molar-refractivity contribution in [2.45, 2.75) is 32.0 Å². The molecule has 1 amide bonds. The fourth-order valence-electron chi connectivity index (χ4n) is 2.79. The van der Waals surface area contributed by atoms with E-state index >= 15 is 0 Å². The molecule has 10 nitrogen and oxygen atoms in total. The molecule has 0 aliphatic carbocycles. The van der Waals surface area contributed by atoms with Gasteiger partial charge in [-0.2, -0.15) is 0 Å². The summed E-state index contributed by atoms with van der Waals surface area (Å²) in [6.07, 6.45) is -1.25. The van der Waals surface area contributed by atoms with Crippen LogP contribution in [0.3, 0.4) is 0 Å². The summed E-state index contributed by atoms with van der Waals surface area (Å²) in [6, 6.07) is 3.55. The molecule has 2 rings (SSSR count). The number of amides is 1. The zero-order valence-corrected chi connectivity index (χ0v) is 16.1. The molecule has 1 atom stereocenters. The van der Waals surface area contributed by atoms with Gasteiger partial charge in [0.05, 0.1) is 23.3 Å². The quantitative estimate of drug-likeness (QED) is 0.331. The molecule has 0 saturated carbocycles. The average Bonchev–Trinajstić information content (AvgIpc) is 2.81. The van der Waals surface area contributed by atoms with E-state index in [0.717, 1.165) is 18.1 Å². The first-order valence-corrected chi connectivity index (χ1v) is 8.12. The number of carbonyl (C=O) groups is 3. The van der Waals surface area contributed by atoms with Gasteiger partial charge in [0.1, 0.15) is 5.60 Å². The van der Waals surface area contributed by atoms with Gasteiger partial charge >= 0.3 is 12.1 Å². The molecule has 0 bridgehead atoms. The van der Waals surface area contributed by atoms with E-state index in [1.54, 1.807) is 20.8 Å². The summed E-state index contributed by atoms with van der Waals surface area (Å²) in [5, 5.41) is 11.2. The van der Waals surface area contributed by atoms with Gasteiger partial charge in [0.15, 0.2) is 0 Å². The van der Waals surface area contributed by atoms with Crippen molar-refractivity contribution in [3.05, 3.63) is 46.0 Å². The molecule has 0 spiro atoms. The maximum atomic E-state index is 13.1. The minimum absolute atomic E-state index is 0.0875. The lowest BCUT2D eigenvalue weighted by Gasteiger charge is -2.30. The van der Waals surface area contributed by atoms with E-state index in [4.69, 9.17) is 9.47 Å². The fraction of sp³-hybridized carbons (Fsp3) is 0.389. The molecule has 28 heavy (non-hydrogen) atoms. The summed E-state index contributed by atoms with van der Waals surface area (Å²) >= 11 is 0. The van der Waals surface area contributed by atoms with Gasteiger partial charge in [0.25, 0.3) is 17.2 Å². The molecule has 10 heteroatoms. The first-order valence-electron chi connectivity index (χ1n) is 8.12. The van der Waals surface area contributed by atoms with Crippen LogP contribution in [0, 0.1) is 10.1 Å². The Kier molecular flexibility index (Phi) is 5.18. The Morgan fingerprint density at radius 1 is 1.29 bits per heavy atom. The van der Waals surface area contributed by atoms with Crippen molar-refractivity contribution in [3.8, 4) is 0 Å². The number of nitro benzene ring substituents is 1. The van der Waals surface area contributed by atoms with E-state index in [1.165, 1.54) is 19.2 Å². The van der Waals surface area contributed by atoms with Crippen LogP contribution in [0.2, 0.25) is 0 Å². The average molecular weight is 392 g/mol. The number of hydrogen-bond donors (Lipinski definition) is 0. The van der Waals surface area contributed by atoms with Crippen LogP contribution in [0.4, 0.5) is 16.2 Å². The Labute approximate surface area is 160 Å². The Morgan fingerprint density at radius 2 is 1.89 bits per heavy atom. The number of benzene rings is 1. The second-order valence-corrected chi connectivity index (χ2v) is 7.04. The van der Waals surface area contributed by atoms with Crippen molar-refractivity contribution < 1.29 is 33.5 Å². The van der Waals surface area contributed by atoms with E-state index in [9.17, 15) is 24.5 Å². The predicted molar refractivity (Wildman–Crippen MR) is 96.7 cm³/mol. The summed E-state index contributed by atoms with van der Waals surface area (Å²) < 4.78 is 15.1. The zero-order valence-electron chi connectivity index (χ0n) is 16.1. The van der Waals surface area contributed by atoms with Crippen LogP contribution in [0.5, 0.6) is 0 Å². The highest BCUT2D eigenvalue weighted by molar-refractivity contribution is 6.14. The highest BCUT2D eigenvalue weighted by Gasteiger charge is 2.58. The standard InChI is InChI=1S/C18H20N2O8/c1-10(14(21)26-6)18(28-16(23)27-17(2,3)4)12-9-11(20(24)25)7-8-13(12)19(5)15(18)22/h7-9H,1H2,2-6H3. The third-order valence-electron chi connectivity index (χ3n) is 4.02. The Balaban J connectivity index is 2.71. The normalized spacial score (nSPS) is 18.3. The predicted octanol–water partition coefficient (Wildman–Crippen LogP) is 2.45. The van der Waals surface area contributed by atoms with E-state index in [1.807, 2.05) is 0 Å². The molecule has 1 aromatic rings. The molecular weight excluding hydrogens is 372 g/mol. The van der Waals surface area contributed by atoms with E-state index in [-0.39, 0.29) is 16.9 Å². The number of nitro groups is 1. The molecule has 0 aromatic heterocycles. The molecular formula is C18H20N2O8. The number of non-ortho nitro benzene ring substituents is 1. The maximum Gasteiger partial charge on any atom is 0.510 e. The van der Waals surface area contributed by atoms with Crippen LogP contribution in [0.25, 0.3) is 0 Å². The Hall–Kier alpha value is -3.43. The highest BCUT2D eigenvalue weighted by Crippen LogP contribution is 2.48. The van der Waals surface area contributed by atoms with Gasteiger partial charge in [-0.15, -0.1) is 0 Å². The number of methoxy groups -OCH3 is 1. The molecule has 1 heterocycles. The lowest BCUT2D eigenvalue weighted by Crippen LogP contribution is -2.46. The lowest BCUT2D eigenvalue weighted by molar-refractivity contribution is -0.385. The largest absolute Gasteiger partial charge is 0.510 e. The van der Waals surface area contributed by atoms with Gasteiger partial charge < -0.3 is 19.1 Å². The van der Waals surface area contributed by atoms with Crippen LogP contribution < -0.4 is 4.90 Å². The number of nitrogens with zero attached hydrogens (tertiary/aromatic N) is 2. The molecule has 1 aliphatic rings. The van der Waals surface area contributed by atoms with Crippen molar-refractivity contribution in [2.24, 2.45) is 0 Å². The van der Waals surface area contributed by atoms with Crippen molar-refractivity contribution >= 4 is 29.4 Å². The van der Waals surface area contributed by atoms with Crippen LogP contribution in [0.15, 0.2) is 30.4 Å². The molecule has 0 fully saturated rings. The van der Waals surface area contributed by atoms with Gasteiger partial charge in [-0.25, -0.2) is 9.59 Å². The molecule has 0 N–H and O–H groups in total. The van der Waals surface area contributed by atoms with Gasteiger partial charge in [-0.1, -0.05) is 6.58 Å². The third-order valence-corrected chi connectivity index (χ3v) is 4.02. The minimum atomic E-state index is -2.36. The number of likely N-dealkylation sites (N-methyl/N-ethyl adjacent to an activating group) is 1. The van der Waals surface area contributed by atoms with E-state index in [2.05, 4.69) is 11.3 Å². The highest BCUT2D eigenvalue weighted by atomic mass is 16.7. The van der Waals surface area contributed by atoms with Gasteiger partial charge in [-0.05, 0) is 26.8 Å². The summed E-state index contributed by atoms with van der Waals surface area (Å²) in [6.45, 7) is 8.31. The van der Waals surface area contributed by atoms with E-state index < -0.39 is 39.7 Å². The second kappa shape index (κ2) is 6.95. The van der Waals surface area contributed by atoms with Crippen molar-refractivity contribution in [3.63, 3.8) is 0 Å². The monoisotopic (exact) mass is 392 g/mol. The number of rotatable bonds is 4. The Bertz CT molecular complexity index is 886. The fourth-order valence-corrected chi connectivity index (χ4v) is 2.79. The van der Waals surface area contributed by atoms with Crippen molar-refractivity contribution in [2.75, 3.05) is 19.1 Å². The number of fused-ring (bicyclic) bond motifs is 1. The zero-order chi connectivity index (χ0) is 21.4. The Morgan fingerprint density at radius 3 is 2.39 bits per heavy atom. The van der Waals surface area contributed by atoms with Crippen molar-refractivity contribution in [1.82, 2.24) is 0 Å². The summed E-state index contributed by atoms with van der Waals surface area (Å²) in [5.74, 6) is -1.87. The molecule has 0 saturated heterocycles. The van der Waals surface area contributed by atoms with Gasteiger partial charge in [0, 0.05) is 24.7 Å². The maximum absolute atomic E-state index is 13.1. The molecule has 1 aromatic carbocycles. The van der Waals surface area contributed by atoms with Crippen molar-refractivity contribution in [1.29, 1.82) is 0 Å². The topological polar surface area (TPSA) is 125 Å². The molecule has 0 radical (unpaired) electrons. The summed E-state index contributed by atoms with van der Waals surface area (Å²) in [4.78, 5) is 49.3.